The minimum atomic E-state index is -0.231. The van der Waals surface area contributed by atoms with Crippen molar-refractivity contribution in [1.82, 2.24) is 0 Å². The minimum absolute atomic E-state index is 0.0750. The van der Waals surface area contributed by atoms with E-state index < -0.39 is 0 Å². The number of amides is 1. The van der Waals surface area contributed by atoms with Crippen LogP contribution in [-0.4, -0.2) is 11.0 Å². The Morgan fingerprint density at radius 1 is 1.41 bits per heavy atom. The highest BCUT2D eigenvalue weighted by molar-refractivity contribution is 9.10. The molecule has 1 aromatic heterocycles. The summed E-state index contributed by atoms with van der Waals surface area (Å²) in [5.74, 6) is -0.156. The van der Waals surface area contributed by atoms with Crippen LogP contribution in [0.25, 0.3) is 0 Å². The Balaban J connectivity index is 2.22. The van der Waals surface area contributed by atoms with Crippen LogP contribution in [0.2, 0.25) is 0 Å². The smallest absolute Gasteiger partial charge is 0.266 e. The van der Waals surface area contributed by atoms with Gasteiger partial charge in [-0.25, -0.2) is 0 Å². The Kier molecular flexibility index (Phi) is 3.49. The number of benzene rings is 1. The van der Waals surface area contributed by atoms with Crippen molar-refractivity contribution in [2.75, 3.05) is 5.32 Å². The summed E-state index contributed by atoms with van der Waals surface area (Å²) in [7, 11) is 0. The summed E-state index contributed by atoms with van der Waals surface area (Å²) in [4.78, 5) is 12.5. The zero-order valence-electron chi connectivity index (χ0n) is 9.03. The number of carbonyl (C=O) groups is 1. The molecule has 1 amide bonds. The molecule has 0 unspecified atom stereocenters. The molecule has 2 aromatic rings. The number of thiophene rings is 1. The lowest BCUT2D eigenvalue weighted by Gasteiger charge is -2.07. The lowest BCUT2D eigenvalue weighted by atomic mass is 10.2. The van der Waals surface area contributed by atoms with E-state index in [0.29, 0.717) is 10.6 Å². The summed E-state index contributed by atoms with van der Waals surface area (Å²) >= 11 is 4.64. The van der Waals surface area contributed by atoms with Crippen LogP contribution in [0.3, 0.4) is 0 Å². The van der Waals surface area contributed by atoms with E-state index in [2.05, 4.69) is 21.2 Å². The molecule has 0 saturated heterocycles. The molecule has 5 heteroatoms. The van der Waals surface area contributed by atoms with E-state index >= 15 is 0 Å². The summed E-state index contributed by atoms with van der Waals surface area (Å²) in [5, 5.41) is 14.2. The molecule has 0 radical (unpaired) electrons. The van der Waals surface area contributed by atoms with E-state index in [1.165, 1.54) is 11.3 Å². The second-order valence-electron chi connectivity index (χ2n) is 3.57. The lowest BCUT2D eigenvalue weighted by molar-refractivity contribution is 0.102. The number of halogens is 1. The molecule has 0 fully saturated rings. The Bertz CT molecular complexity index is 565. The topological polar surface area (TPSA) is 49.3 Å². The average Bonchev–Trinajstić information content (AvgIpc) is 2.68. The Hall–Kier alpha value is -1.33. The highest BCUT2D eigenvalue weighted by Crippen LogP contribution is 2.27. The first-order valence-corrected chi connectivity index (χ1v) is 6.59. The van der Waals surface area contributed by atoms with Crippen LogP contribution in [-0.2, 0) is 0 Å². The van der Waals surface area contributed by atoms with E-state index in [1.54, 1.807) is 12.1 Å². The van der Waals surface area contributed by atoms with E-state index in [1.807, 2.05) is 24.4 Å². The SMILES string of the molecule is Cc1ccc(NC(=O)c2sccc2Br)c(O)c1. The van der Waals surface area contributed by atoms with E-state index in [-0.39, 0.29) is 11.7 Å². The van der Waals surface area contributed by atoms with Crippen LogP contribution < -0.4 is 5.32 Å². The van der Waals surface area contributed by atoms with E-state index in [9.17, 15) is 9.90 Å². The van der Waals surface area contributed by atoms with Crippen molar-refractivity contribution in [3.8, 4) is 5.75 Å². The van der Waals surface area contributed by atoms with Gasteiger partial charge in [0.1, 0.15) is 10.6 Å². The Morgan fingerprint density at radius 3 is 2.76 bits per heavy atom. The predicted molar refractivity (Wildman–Crippen MR) is 72.8 cm³/mol. The van der Waals surface area contributed by atoms with E-state index in [0.717, 1.165) is 10.0 Å². The van der Waals surface area contributed by atoms with Crippen molar-refractivity contribution >= 4 is 38.9 Å². The van der Waals surface area contributed by atoms with E-state index in [4.69, 9.17) is 0 Å². The van der Waals surface area contributed by atoms with Gasteiger partial charge >= 0.3 is 0 Å². The largest absolute Gasteiger partial charge is 0.506 e. The number of phenols is 1. The van der Waals surface area contributed by atoms with Crippen molar-refractivity contribution in [2.24, 2.45) is 0 Å². The molecular weight excluding hydrogens is 302 g/mol. The average molecular weight is 312 g/mol. The number of aryl methyl sites for hydroxylation is 1. The maximum atomic E-state index is 11.9. The highest BCUT2D eigenvalue weighted by Gasteiger charge is 2.13. The molecule has 0 spiro atoms. The van der Waals surface area contributed by atoms with Crippen LogP contribution in [0.15, 0.2) is 34.1 Å². The maximum absolute atomic E-state index is 11.9. The molecule has 0 bridgehead atoms. The number of carbonyl (C=O) groups excluding carboxylic acids is 1. The molecule has 1 heterocycles. The first kappa shape index (κ1) is 12.1. The summed E-state index contributed by atoms with van der Waals surface area (Å²) in [6.45, 7) is 1.88. The van der Waals surface area contributed by atoms with Gasteiger partial charge in [0.05, 0.1) is 5.69 Å². The van der Waals surface area contributed by atoms with Gasteiger partial charge in [0.15, 0.2) is 0 Å². The molecule has 0 aliphatic rings. The van der Waals surface area contributed by atoms with Crippen LogP contribution in [0.4, 0.5) is 5.69 Å². The first-order valence-electron chi connectivity index (χ1n) is 4.92. The normalized spacial score (nSPS) is 10.2. The molecule has 2 N–H and O–H groups in total. The fourth-order valence-electron chi connectivity index (χ4n) is 1.38. The summed E-state index contributed by atoms with van der Waals surface area (Å²) in [6.07, 6.45) is 0. The van der Waals surface area contributed by atoms with Crippen molar-refractivity contribution in [2.45, 2.75) is 6.92 Å². The fourth-order valence-corrected chi connectivity index (χ4v) is 2.83. The van der Waals surface area contributed by atoms with Crippen LogP contribution >= 0.6 is 27.3 Å². The molecule has 17 heavy (non-hydrogen) atoms. The third-order valence-electron chi connectivity index (χ3n) is 2.22. The number of hydrogen-bond donors (Lipinski definition) is 2. The molecule has 1 aromatic carbocycles. The summed E-state index contributed by atoms with van der Waals surface area (Å²) in [5.41, 5.74) is 1.36. The zero-order valence-corrected chi connectivity index (χ0v) is 11.4. The van der Waals surface area contributed by atoms with Gasteiger partial charge in [-0.15, -0.1) is 11.3 Å². The second kappa shape index (κ2) is 4.89. The van der Waals surface area contributed by atoms with Gasteiger partial charge in [0.2, 0.25) is 0 Å². The van der Waals surface area contributed by atoms with Gasteiger partial charge in [0, 0.05) is 4.47 Å². The minimum Gasteiger partial charge on any atom is -0.506 e. The molecule has 88 valence electrons. The third-order valence-corrected chi connectivity index (χ3v) is 4.06. The van der Waals surface area contributed by atoms with Gasteiger partial charge in [-0.1, -0.05) is 6.07 Å². The van der Waals surface area contributed by atoms with Gasteiger partial charge in [0.25, 0.3) is 5.91 Å². The third kappa shape index (κ3) is 2.68. The molecule has 2 rings (SSSR count). The molecule has 0 atom stereocenters. The zero-order chi connectivity index (χ0) is 12.4. The standard InChI is InChI=1S/C12H10BrNO2S/c1-7-2-3-9(10(15)6-7)14-12(16)11-8(13)4-5-17-11/h2-6,15H,1H3,(H,14,16). The van der Waals surface area contributed by atoms with Crippen molar-refractivity contribution < 1.29 is 9.90 Å². The van der Waals surface area contributed by atoms with Crippen molar-refractivity contribution in [3.63, 3.8) is 0 Å². The van der Waals surface area contributed by atoms with Crippen LogP contribution in [0, 0.1) is 6.92 Å². The second-order valence-corrected chi connectivity index (χ2v) is 5.34. The fraction of sp³-hybridized carbons (Fsp3) is 0.0833. The van der Waals surface area contributed by atoms with Crippen LogP contribution in [0.1, 0.15) is 15.2 Å². The van der Waals surface area contributed by atoms with Gasteiger partial charge < -0.3 is 10.4 Å². The summed E-state index contributed by atoms with van der Waals surface area (Å²) in [6, 6.07) is 6.94. The molecular formula is C12H10BrNO2S. The number of anilines is 1. The number of nitrogens with one attached hydrogen (secondary N) is 1. The first-order chi connectivity index (χ1) is 8.08. The molecule has 0 aliphatic carbocycles. The monoisotopic (exact) mass is 311 g/mol. The molecule has 0 saturated carbocycles. The number of hydrogen-bond acceptors (Lipinski definition) is 3. The quantitative estimate of drug-likeness (QED) is 0.829. The predicted octanol–water partition coefficient (Wildman–Crippen LogP) is 3.78. The van der Waals surface area contributed by atoms with Crippen molar-refractivity contribution in [3.05, 3.63) is 44.6 Å². The number of phenolic OH excluding ortho intramolecular Hbond substituents is 1. The summed E-state index contributed by atoms with van der Waals surface area (Å²) < 4.78 is 0.756. The lowest BCUT2D eigenvalue weighted by Crippen LogP contribution is -2.10. The Labute approximate surface area is 111 Å². The van der Waals surface area contributed by atoms with Gasteiger partial charge in [-0.2, -0.15) is 0 Å². The van der Waals surface area contributed by atoms with Crippen LogP contribution in [0.5, 0.6) is 5.75 Å². The van der Waals surface area contributed by atoms with Gasteiger partial charge in [-0.05, 0) is 52.0 Å². The Morgan fingerprint density at radius 2 is 2.18 bits per heavy atom. The maximum Gasteiger partial charge on any atom is 0.266 e. The molecule has 3 nitrogen and oxygen atoms in total. The number of rotatable bonds is 2. The van der Waals surface area contributed by atoms with Crippen molar-refractivity contribution in [1.29, 1.82) is 0 Å². The highest BCUT2D eigenvalue weighted by atomic mass is 79.9. The van der Waals surface area contributed by atoms with Gasteiger partial charge in [-0.3, -0.25) is 4.79 Å². The number of aromatic hydroxyl groups is 1. The molecule has 0 aliphatic heterocycles.